The lowest BCUT2D eigenvalue weighted by molar-refractivity contribution is 0.0206. The molecule has 1 N–H and O–H groups in total. The molecule has 1 atom stereocenters. The molecule has 1 fully saturated rings. The molecule has 7 heteroatoms. The van der Waals surface area contributed by atoms with Crippen LogP contribution in [0.1, 0.15) is 48.7 Å². The van der Waals surface area contributed by atoms with Crippen LogP contribution in [0.2, 0.25) is 0 Å². The predicted octanol–water partition coefficient (Wildman–Crippen LogP) is 4.68. The Labute approximate surface area is 175 Å². The summed E-state index contributed by atoms with van der Waals surface area (Å²) in [6.45, 7) is 9.67. The maximum absolute atomic E-state index is 13.3. The number of ether oxygens (including phenoxy) is 1. The standard InChI is InChI=1S/C22H30F2N2O2S/c1-15(2)14-26-10-4-8-22(27,9-11-26)21-25-16(3)20(29-21)7-12-28-17-5-6-18(23)19(24)13-17/h5-6,13,15,27H,4,7-12,14H2,1-3H3/t22-/m1/s1. The molecule has 0 amide bonds. The van der Waals surface area contributed by atoms with Crippen molar-refractivity contribution in [2.45, 2.75) is 52.1 Å². The van der Waals surface area contributed by atoms with Crippen LogP contribution in [0.3, 0.4) is 0 Å². The summed E-state index contributed by atoms with van der Waals surface area (Å²) in [7, 11) is 0. The molecule has 0 aliphatic carbocycles. The van der Waals surface area contributed by atoms with Crippen LogP contribution in [-0.2, 0) is 12.0 Å². The Bertz CT molecular complexity index is 827. The normalized spacial score (nSPS) is 20.8. The molecule has 1 aromatic heterocycles. The number of aliphatic hydroxyl groups is 1. The van der Waals surface area contributed by atoms with E-state index < -0.39 is 17.2 Å². The van der Waals surface area contributed by atoms with Crippen molar-refractivity contribution >= 4 is 11.3 Å². The molecule has 0 saturated carbocycles. The Kier molecular flexibility index (Phi) is 7.24. The van der Waals surface area contributed by atoms with Gasteiger partial charge in [-0.25, -0.2) is 13.8 Å². The first-order chi connectivity index (χ1) is 13.8. The summed E-state index contributed by atoms with van der Waals surface area (Å²) in [6.07, 6.45) is 2.98. The number of halogens is 2. The van der Waals surface area contributed by atoms with Crippen molar-refractivity contribution in [3.8, 4) is 5.75 Å². The Morgan fingerprint density at radius 3 is 2.76 bits per heavy atom. The molecule has 1 aliphatic heterocycles. The molecule has 1 aliphatic rings. The molecule has 160 valence electrons. The van der Waals surface area contributed by atoms with Crippen molar-refractivity contribution in [1.29, 1.82) is 0 Å². The number of rotatable bonds is 7. The third kappa shape index (κ3) is 5.74. The number of likely N-dealkylation sites (tertiary alicyclic amines) is 1. The van der Waals surface area contributed by atoms with Gasteiger partial charge >= 0.3 is 0 Å². The van der Waals surface area contributed by atoms with E-state index in [1.807, 2.05) is 6.92 Å². The first kappa shape index (κ1) is 22.1. The van der Waals surface area contributed by atoms with Gasteiger partial charge in [0.25, 0.3) is 0 Å². The summed E-state index contributed by atoms with van der Waals surface area (Å²) in [5.41, 5.74) is 0.0240. The number of thiazole rings is 1. The first-order valence-corrected chi connectivity index (χ1v) is 11.1. The summed E-state index contributed by atoms with van der Waals surface area (Å²) in [4.78, 5) is 8.16. The van der Waals surface area contributed by atoms with Crippen molar-refractivity contribution in [2.75, 3.05) is 26.2 Å². The van der Waals surface area contributed by atoms with Crippen LogP contribution in [0.5, 0.6) is 5.75 Å². The van der Waals surface area contributed by atoms with E-state index in [9.17, 15) is 13.9 Å². The van der Waals surface area contributed by atoms with Gasteiger partial charge in [-0.15, -0.1) is 11.3 Å². The lowest BCUT2D eigenvalue weighted by atomic mass is 9.96. The molecule has 0 spiro atoms. The molecule has 0 radical (unpaired) electrons. The van der Waals surface area contributed by atoms with Crippen LogP contribution in [0, 0.1) is 24.5 Å². The molecule has 0 bridgehead atoms. The monoisotopic (exact) mass is 424 g/mol. The molecule has 2 aromatic rings. The lowest BCUT2D eigenvalue weighted by Gasteiger charge is -2.25. The van der Waals surface area contributed by atoms with Crippen LogP contribution in [0.15, 0.2) is 18.2 Å². The van der Waals surface area contributed by atoms with E-state index in [2.05, 4.69) is 23.7 Å². The third-order valence-electron chi connectivity index (χ3n) is 5.31. The fraction of sp³-hybridized carbons (Fsp3) is 0.591. The molecule has 2 heterocycles. The van der Waals surface area contributed by atoms with Crippen LogP contribution >= 0.6 is 11.3 Å². The average Bonchev–Trinajstić information content (AvgIpc) is 2.93. The van der Waals surface area contributed by atoms with Crippen LogP contribution in [0.4, 0.5) is 8.78 Å². The molecule has 1 aromatic carbocycles. The molecule has 29 heavy (non-hydrogen) atoms. The number of aryl methyl sites for hydroxylation is 1. The summed E-state index contributed by atoms with van der Waals surface area (Å²) in [5, 5.41) is 12.1. The van der Waals surface area contributed by atoms with Crippen molar-refractivity contribution in [3.05, 3.63) is 45.4 Å². The second-order valence-corrected chi connectivity index (χ2v) is 9.37. The topological polar surface area (TPSA) is 45.6 Å². The third-order valence-corrected chi connectivity index (χ3v) is 6.72. The van der Waals surface area contributed by atoms with Gasteiger partial charge in [0.15, 0.2) is 11.6 Å². The second kappa shape index (κ2) is 9.49. The first-order valence-electron chi connectivity index (χ1n) is 10.3. The lowest BCUT2D eigenvalue weighted by Crippen LogP contribution is -2.31. The van der Waals surface area contributed by atoms with Crippen LogP contribution in [-0.4, -0.2) is 41.2 Å². The maximum Gasteiger partial charge on any atom is 0.162 e. The van der Waals surface area contributed by atoms with Crippen LogP contribution < -0.4 is 4.74 Å². The van der Waals surface area contributed by atoms with Gasteiger partial charge in [-0.1, -0.05) is 13.8 Å². The van der Waals surface area contributed by atoms with E-state index in [4.69, 9.17) is 4.74 Å². The average molecular weight is 425 g/mol. The van der Waals surface area contributed by atoms with Gasteiger partial charge in [-0.3, -0.25) is 0 Å². The van der Waals surface area contributed by atoms with Crippen LogP contribution in [0.25, 0.3) is 0 Å². The molecular formula is C22H30F2N2O2S. The zero-order chi connectivity index (χ0) is 21.0. The number of benzene rings is 1. The van der Waals surface area contributed by atoms with Crippen molar-refractivity contribution in [2.24, 2.45) is 5.92 Å². The Hall–Kier alpha value is -1.57. The molecule has 4 nitrogen and oxygen atoms in total. The van der Waals surface area contributed by atoms with Crippen molar-refractivity contribution < 1.29 is 18.6 Å². The van der Waals surface area contributed by atoms with Gasteiger partial charge in [0.2, 0.25) is 0 Å². The van der Waals surface area contributed by atoms with Gasteiger partial charge in [-0.05, 0) is 50.8 Å². The van der Waals surface area contributed by atoms with E-state index in [1.54, 1.807) is 0 Å². The van der Waals surface area contributed by atoms with Gasteiger partial charge in [0.05, 0.1) is 12.3 Å². The Morgan fingerprint density at radius 2 is 2.03 bits per heavy atom. The summed E-state index contributed by atoms with van der Waals surface area (Å²) in [6, 6.07) is 3.53. The highest BCUT2D eigenvalue weighted by Crippen LogP contribution is 2.36. The van der Waals surface area contributed by atoms with E-state index in [0.717, 1.165) is 60.2 Å². The SMILES string of the molecule is Cc1nc([C@@]2(O)CCCN(CC(C)C)CC2)sc1CCOc1ccc(F)c(F)c1. The zero-order valence-corrected chi connectivity index (χ0v) is 18.2. The highest BCUT2D eigenvalue weighted by Gasteiger charge is 2.35. The van der Waals surface area contributed by atoms with Gasteiger partial charge in [0.1, 0.15) is 16.4 Å². The minimum absolute atomic E-state index is 0.305. The van der Waals surface area contributed by atoms with Gasteiger partial charge in [-0.2, -0.15) is 0 Å². The van der Waals surface area contributed by atoms with E-state index in [0.29, 0.717) is 31.1 Å². The Balaban J connectivity index is 1.60. The fourth-order valence-electron chi connectivity index (χ4n) is 3.78. The van der Waals surface area contributed by atoms with Gasteiger partial charge in [0, 0.05) is 30.5 Å². The van der Waals surface area contributed by atoms with E-state index >= 15 is 0 Å². The number of nitrogens with zero attached hydrogens (tertiary/aromatic N) is 2. The summed E-state index contributed by atoms with van der Waals surface area (Å²) >= 11 is 1.54. The summed E-state index contributed by atoms with van der Waals surface area (Å²) in [5.74, 6) is -0.881. The quantitative estimate of drug-likeness (QED) is 0.701. The second-order valence-electron chi connectivity index (χ2n) is 8.28. The largest absolute Gasteiger partial charge is 0.493 e. The number of aromatic nitrogens is 1. The van der Waals surface area contributed by atoms with Crippen molar-refractivity contribution in [3.63, 3.8) is 0 Å². The maximum atomic E-state index is 13.3. The molecule has 1 saturated heterocycles. The fourth-order valence-corrected chi connectivity index (χ4v) is 4.96. The van der Waals surface area contributed by atoms with E-state index in [1.165, 1.54) is 17.4 Å². The zero-order valence-electron chi connectivity index (χ0n) is 17.4. The van der Waals surface area contributed by atoms with E-state index in [-0.39, 0.29) is 0 Å². The molecule has 3 rings (SSSR count). The molecule has 0 unspecified atom stereocenters. The minimum Gasteiger partial charge on any atom is -0.493 e. The van der Waals surface area contributed by atoms with Gasteiger partial charge < -0.3 is 14.7 Å². The molecular weight excluding hydrogens is 394 g/mol. The summed E-state index contributed by atoms with van der Waals surface area (Å²) < 4.78 is 31.8. The number of hydrogen-bond acceptors (Lipinski definition) is 5. The minimum atomic E-state index is -0.916. The van der Waals surface area contributed by atoms with Crippen molar-refractivity contribution in [1.82, 2.24) is 9.88 Å². The number of hydrogen-bond donors (Lipinski definition) is 1. The smallest absolute Gasteiger partial charge is 0.162 e. The highest BCUT2D eigenvalue weighted by molar-refractivity contribution is 7.11. The Morgan fingerprint density at radius 1 is 1.24 bits per heavy atom. The predicted molar refractivity (Wildman–Crippen MR) is 111 cm³/mol. The highest BCUT2D eigenvalue weighted by atomic mass is 32.1.